The molecule has 1 aliphatic carbocycles. The lowest BCUT2D eigenvalue weighted by Crippen LogP contribution is -2.44. The van der Waals surface area contributed by atoms with Gasteiger partial charge in [-0.25, -0.2) is 4.79 Å². The summed E-state index contributed by atoms with van der Waals surface area (Å²) < 4.78 is 5.26. The van der Waals surface area contributed by atoms with Crippen LogP contribution in [-0.4, -0.2) is 28.7 Å². The fourth-order valence-corrected chi connectivity index (χ4v) is 3.70. The number of ether oxygens (including phenoxy) is 1. The number of nitrogens with zero attached hydrogens (tertiary/aromatic N) is 2. The highest BCUT2D eigenvalue weighted by Crippen LogP contribution is 2.38. The number of nitriles is 1. The molecule has 2 fully saturated rings. The molecule has 0 unspecified atom stereocenters. The molecular weight excluding hydrogens is 320 g/mol. The van der Waals surface area contributed by atoms with Crippen LogP contribution in [0.1, 0.15) is 43.7 Å². The largest absolute Gasteiger partial charge is 0.459 e. The Morgan fingerprint density at radius 3 is 2.44 bits per heavy atom. The number of carbonyl (C=O) groups is 3. The standard InChI is InChI=1S/C19H20N2O4/c1-12(19(24)25-11-14-7-3-2-6-13(14)10-20)21-17(22)15-8-4-5-9-16(15)18(21)23/h2-3,6-7,12,15-16H,4-5,8-9,11H2,1H3/t12-,15+,16+/m0/s1. The fourth-order valence-electron chi connectivity index (χ4n) is 3.70. The third-order valence-corrected chi connectivity index (χ3v) is 5.11. The van der Waals surface area contributed by atoms with E-state index < -0.39 is 12.0 Å². The molecule has 0 N–H and O–H groups in total. The van der Waals surface area contributed by atoms with E-state index in [1.165, 1.54) is 6.92 Å². The van der Waals surface area contributed by atoms with Crippen molar-refractivity contribution in [1.82, 2.24) is 4.90 Å². The van der Waals surface area contributed by atoms with Crippen molar-refractivity contribution in [2.75, 3.05) is 0 Å². The number of amides is 2. The Bertz CT molecular complexity index is 728. The zero-order valence-corrected chi connectivity index (χ0v) is 14.1. The van der Waals surface area contributed by atoms with Crippen molar-refractivity contribution < 1.29 is 19.1 Å². The summed E-state index contributed by atoms with van der Waals surface area (Å²) in [4.78, 5) is 38.5. The number of imide groups is 1. The second-order valence-corrected chi connectivity index (χ2v) is 6.60. The summed E-state index contributed by atoms with van der Waals surface area (Å²) in [6, 6.07) is 7.93. The maximum atomic E-state index is 12.5. The van der Waals surface area contributed by atoms with Gasteiger partial charge in [-0.2, -0.15) is 5.26 Å². The minimum Gasteiger partial charge on any atom is -0.459 e. The Morgan fingerprint density at radius 2 is 1.84 bits per heavy atom. The molecule has 2 amide bonds. The van der Waals surface area contributed by atoms with Crippen LogP contribution in [0.2, 0.25) is 0 Å². The number of fused-ring (bicyclic) bond motifs is 1. The van der Waals surface area contributed by atoms with E-state index in [-0.39, 0.29) is 30.3 Å². The molecule has 1 aromatic carbocycles. The molecule has 1 saturated heterocycles. The van der Waals surface area contributed by atoms with Gasteiger partial charge in [0, 0.05) is 5.56 Å². The minimum atomic E-state index is -0.945. The van der Waals surface area contributed by atoms with Crippen LogP contribution in [0.4, 0.5) is 0 Å². The number of esters is 1. The maximum Gasteiger partial charge on any atom is 0.329 e. The zero-order valence-electron chi connectivity index (χ0n) is 14.1. The van der Waals surface area contributed by atoms with E-state index in [0.29, 0.717) is 24.0 Å². The second kappa shape index (κ2) is 7.06. The first-order valence-corrected chi connectivity index (χ1v) is 8.56. The van der Waals surface area contributed by atoms with Crippen molar-refractivity contribution in [2.24, 2.45) is 11.8 Å². The van der Waals surface area contributed by atoms with Crippen molar-refractivity contribution >= 4 is 17.8 Å². The van der Waals surface area contributed by atoms with Gasteiger partial charge < -0.3 is 4.74 Å². The van der Waals surface area contributed by atoms with Crippen molar-refractivity contribution in [3.05, 3.63) is 35.4 Å². The van der Waals surface area contributed by atoms with E-state index in [1.807, 2.05) is 6.07 Å². The Labute approximate surface area is 146 Å². The highest BCUT2D eigenvalue weighted by molar-refractivity contribution is 6.07. The number of carbonyl (C=O) groups excluding carboxylic acids is 3. The van der Waals surface area contributed by atoms with Gasteiger partial charge in [0.15, 0.2) is 0 Å². The van der Waals surface area contributed by atoms with Crippen LogP contribution < -0.4 is 0 Å². The molecule has 0 aromatic heterocycles. The molecule has 0 bridgehead atoms. The SMILES string of the molecule is C[C@@H](C(=O)OCc1ccccc1C#N)N1C(=O)[C@@H]2CCCC[C@H]2C1=O. The lowest BCUT2D eigenvalue weighted by Gasteiger charge is -2.21. The minimum absolute atomic E-state index is 0.0595. The summed E-state index contributed by atoms with van der Waals surface area (Å²) in [5.41, 5.74) is 1.03. The molecule has 3 rings (SSSR count). The van der Waals surface area contributed by atoms with Crippen LogP contribution in [0.15, 0.2) is 24.3 Å². The Kier molecular flexibility index (Phi) is 4.84. The zero-order chi connectivity index (χ0) is 18.0. The highest BCUT2D eigenvalue weighted by atomic mass is 16.5. The van der Waals surface area contributed by atoms with Crippen molar-refractivity contribution in [3.8, 4) is 6.07 Å². The monoisotopic (exact) mass is 340 g/mol. The first kappa shape index (κ1) is 17.2. The maximum absolute atomic E-state index is 12.5. The summed E-state index contributed by atoms with van der Waals surface area (Å²) in [5.74, 6) is -1.70. The predicted molar refractivity (Wildman–Crippen MR) is 87.7 cm³/mol. The number of hydrogen-bond acceptors (Lipinski definition) is 5. The first-order valence-electron chi connectivity index (χ1n) is 8.56. The Hall–Kier alpha value is -2.68. The van der Waals surface area contributed by atoms with Crippen molar-refractivity contribution in [3.63, 3.8) is 0 Å². The van der Waals surface area contributed by atoms with Gasteiger partial charge in [0.1, 0.15) is 12.6 Å². The van der Waals surface area contributed by atoms with Crippen LogP contribution in [0, 0.1) is 23.2 Å². The molecular formula is C19H20N2O4. The van der Waals surface area contributed by atoms with Crippen LogP contribution in [0.5, 0.6) is 0 Å². The molecule has 3 atom stereocenters. The van der Waals surface area contributed by atoms with E-state index in [1.54, 1.807) is 24.3 Å². The van der Waals surface area contributed by atoms with Crippen molar-refractivity contribution in [2.45, 2.75) is 45.3 Å². The average Bonchev–Trinajstić information content (AvgIpc) is 2.90. The Balaban J connectivity index is 1.67. The molecule has 6 nitrogen and oxygen atoms in total. The number of likely N-dealkylation sites (tertiary alicyclic amines) is 1. The third-order valence-electron chi connectivity index (χ3n) is 5.11. The van der Waals surface area contributed by atoms with Gasteiger partial charge in [0.25, 0.3) is 0 Å². The van der Waals surface area contributed by atoms with Crippen molar-refractivity contribution in [1.29, 1.82) is 5.26 Å². The quantitative estimate of drug-likeness (QED) is 0.619. The lowest BCUT2D eigenvalue weighted by molar-refractivity contribution is -0.159. The topological polar surface area (TPSA) is 87.5 Å². The molecule has 1 saturated carbocycles. The fraction of sp³-hybridized carbons (Fsp3) is 0.474. The van der Waals surface area contributed by atoms with Gasteiger partial charge in [-0.1, -0.05) is 31.0 Å². The molecule has 0 radical (unpaired) electrons. The van der Waals surface area contributed by atoms with E-state index in [0.717, 1.165) is 17.7 Å². The van der Waals surface area contributed by atoms with E-state index in [9.17, 15) is 14.4 Å². The molecule has 0 spiro atoms. The summed E-state index contributed by atoms with van der Waals surface area (Å²) >= 11 is 0. The normalized spacial score (nSPS) is 23.8. The predicted octanol–water partition coefficient (Wildman–Crippen LogP) is 2.17. The second-order valence-electron chi connectivity index (χ2n) is 6.60. The molecule has 1 aliphatic heterocycles. The van der Waals surface area contributed by atoms with E-state index >= 15 is 0 Å². The van der Waals surface area contributed by atoms with Gasteiger partial charge in [0.05, 0.1) is 23.5 Å². The van der Waals surface area contributed by atoms with Crippen LogP contribution in [0.3, 0.4) is 0 Å². The van der Waals surface area contributed by atoms with Gasteiger partial charge in [-0.15, -0.1) is 0 Å². The van der Waals surface area contributed by atoms with Crippen LogP contribution in [0.25, 0.3) is 0 Å². The van der Waals surface area contributed by atoms with Crippen LogP contribution in [-0.2, 0) is 25.7 Å². The highest BCUT2D eigenvalue weighted by Gasteiger charge is 2.51. The van der Waals surface area contributed by atoms with Crippen LogP contribution >= 0.6 is 0 Å². The summed E-state index contributed by atoms with van der Waals surface area (Å²) in [7, 11) is 0. The number of benzene rings is 1. The first-order chi connectivity index (χ1) is 12.0. The average molecular weight is 340 g/mol. The molecule has 6 heteroatoms. The molecule has 2 aliphatic rings. The van der Waals surface area contributed by atoms with Gasteiger partial charge in [-0.05, 0) is 25.8 Å². The molecule has 1 heterocycles. The number of hydrogen-bond donors (Lipinski definition) is 0. The summed E-state index contributed by atoms with van der Waals surface area (Å²) in [6.07, 6.45) is 3.31. The molecule has 1 aromatic rings. The van der Waals surface area contributed by atoms with Gasteiger partial charge in [-0.3, -0.25) is 14.5 Å². The summed E-state index contributed by atoms with van der Waals surface area (Å²) in [6.45, 7) is 1.46. The van der Waals surface area contributed by atoms with E-state index in [4.69, 9.17) is 10.00 Å². The third kappa shape index (κ3) is 3.14. The molecule has 25 heavy (non-hydrogen) atoms. The van der Waals surface area contributed by atoms with Gasteiger partial charge >= 0.3 is 5.97 Å². The lowest BCUT2D eigenvalue weighted by atomic mass is 9.81. The smallest absolute Gasteiger partial charge is 0.329 e. The summed E-state index contributed by atoms with van der Waals surface area (Å²) in [5, 5.41) is 9.07. The number of rotatable bonds is 4. The van der Waals surface area contributed by atoms with E-state index in [2.05, 4.69) is 0 Å². The molecule has 130 valence electrons. The Morgan fingerprint density at radius 1 is 1.24 bits per heavy atom. The van der Waals surface area contributed by atoms with Gasteiger partial charge in [0.2, 0.25) is 11.8 Å².